The first-order valence-electron chi connectivity index (χ1n) is 9.53. The monoisotopic (exact) mass is 385 g/mol. The summed E-state index contributed by atoms with van der Waals surface area (Å²) in [6.07, 6.45) is 0.633. The van der Waals surface area contributed by atoms with Gasteiger partial charge in [0, 0.05) is 24.7 Å². The topological polar surface area (TPSA) is 75.1 Å². The Hall–Kier alpha value is -2.89. The van der Waals surface area contributed by atoms with Crippen LogP contribution in [0, 0.1) is 6.92 Å². The number of phenolic OH excluding ortho intramolecular Hbond substituents is 1. The Kier molecular flexibility index (Phi) is 7.99. The summed E-state index contributed by atoms with van der Waals surface area (Å²) in [4.78, 5) is 4.65. The fourth-order valence-corrected chi connectivity index (χ4v) is 2.97. The van der Waals surface area contributed by atoms with Crippen molar-refractivity contribution in [3.05, 3.63) is 53.1 Å². The molecule has 152 valence electrons. The third kappa shape index (κ3) is 5.81. The zero-order chi connectivity index (χ0) is 20.5. The molecule has 0 aliphatic heterocycles. The molecule has 0 heterocycles. The highest BCUT2D eigenvalue weighted by Crippen LogP contribution is 2.26. The molecule has 2 aromatic rings. The van der Waals surface area contributed by atoms with Gasteiger partial charge in [-0.2, -0.15) is 0 Å². The van der Waals surface area contributed by atoms with Crippen molar-refractivity contribution in [2.45, 2.75) is 33.2 Å². The molecule has 6 heteroatoms. The van der Waals surface area contributed by atoms with Crippen molar-refractivity contribution in [2.75, 3.05) is 27.3 Å². The molecule has 1 atom stereocenters. The molecule has 6 nitrogen and oxygen atoms in total. The van der Waals surface area contributed by atoms with Crippen LogP contribution in [0.2, 0.25) is 0 Å². The lowest BCUT2D eigenvalue weighted by Crippen LogP contribution is -2.39. The van der Waals surface area contributed by atoms with Crippen molar-refractivity contribution in [3.63, 3.8) is 0 Å². The van der Waals surface area contributed by atoms with Crippen LogP contribution in [0.1, 0.15) is 36.6 Å². The van der Waals surface area contributed by atoms with E-state index in [4.69, 9.17) is 9.47 Å². The maximum absolute atomic E-state index is 10.1. The molecular weight excluding hydrogens is 354 g/mol. The number of guanidine groups is 1. The fourth-order valence-electron chi connectivity index (χ4n) is 2.97. The number of nitrogens with one attached hydrogen (secondary N) is 2. The molecule has 0 amide bonds. The van der Waals surface area contributed by atoms with Crippen LogP contribution in [-0.2, 0) is 6.42 Å². The van der Waals surface area contributed by atoms with E-state index in [0.717, 1.165) is 29.4 Å². The molecule has 0 fully saturated rings. The van der Waals surface area contributed by atoms with E-state index in [1.165, 1.54) is 5.56 Å². The van der Waals surface area contributed by atoms with Gasteiger partial charge in [0.05, 0.1) is 20.3 Å². The number of methoxy groups -OCH3 is 2. The predicted molar refractivity (Wildman–Crippen MR) is 114 cm³/mol. The quantitative estimate of drug-likeness (QED) is 0.478. The van der Waals surface area contributed by atoms with Gasteiger partial charge in [-0.05, 0) is 44.9 Å². The van der Waals surface area contributed by atoms with E-state index in [1.54, 1.807) is 20.3 Å². The van der Waals surface area contributed by atoms with E-state index in [9.17, 15) is 5.11 Å². The van der Waals surface area contributed by atoms with E-state index < -0.39 is 0 Å². The van der Waals surface area contributed by atoms with Crippen LogP contribution in [0.4, 0.5) is 0 Å². The minimum absolute atomic E-state index is 0.0297. The van der Waals surface area contributed by atoms with Gasteiger partial charge in [0.1, 0.15) is 17.2 Å². The Labute approximate surface area is 167 Å². The fraction of sp³-hybridized carbons (Fsp3) is 0.409. The molecule has 28 heavy (non-hydrogen) atoms. The number of phenols is 1. The van der Waals surface area contributed by atoms with E-state index in [2.05, 4.69) is 35.5 Å². The summed E-state index contributed by atoms with van der Waals surface area (Å²) in [5.74, 6) is 2.45. The number of rotatable bonds is 8. The summed E-state index contributed by atoms with van der Waals surface area (Å²) >= 11 is 0. The summed E-state index contributed by atoms with van der Waals surface area (Å²) in [6.45, 7) is 7.49. The van der Waals surface area contributed by atoms with E-state index >= 15 is 0 Å². The largest absolute Gasteiger partial charge is 0.508 e. The van der Waals surface area contributed by atoms with Crippen LogP contribution in [0.25, 0.3) is 0 Å². The van der Waals surface area contributed by atoms with Crippen molar-refractivity contribution in [2.24, 2.45) is 4.99 Å². The molecule has 1 unspecified atom stereocenters. The number of aromatic hydroxyl groups is 1. The number of hydrogen-bond acceptors (Lipinski definition) is 4. The van der Waals surface area contributed by atoms with Crippen molar-refractivity contribution >= 4 is 5.96 Å². The average molecular weight is 386 g/mol. The maximum Gasteiger partial charge on any atom is 0.191 e. The van der Waals surface area contributed by atoms with Crippen LogP contribution in [0.15, 0.2) is 41.4 Å². The predicted octanol–water partition coefficient (Wildman–Crippen LogP) is 3.58. The van der Waals surface area contributed by atoms with Crippen molar-refractivity contribution in [1.29, 1.82) is 0 Å². The molecule has 2 rings (SSSR count). The smallest absolute Gasteiger partial charge is 0.191 e. The Morgan fingerprint density at radius 1 is 1.14 bits per heavy atom. The molecule has 0 saturated heterocycles. The lowest BCUT2D eigenvalue weighted by Gasteiger charge is -2.20. The number of hydrogen-bond donors (Lipinski definition) is 3. The summed E-state index contributed by atoms with van der Waals surface area (Å²) < 4.78 is 10.6. The number of aliphatic imine (C=N–C) groups is 1. The SMILES string of the molecule is CCNC(=NCCc1ccc(OC)cc1O)NC(C)c1cc(C)ccc1OC. The zero-order valence-corrected chi connectivity index (χ0v) is 17.4. The van der Waals surface area contributed by atoms with E-state index in [1.807, 2.05) is 31.2 Å². The van der Waals surface area contributed by atoms with Gasteiger partial charge in [-0.3, -0.25) is 4.99 Å². The van der Waals surface area contributed by atoms with Crippen molar-refractivity contribution in [1.82, 2.24) is 10.6 Å². The summed E-state index contributed by atoms with van der Waals surface area (Å²) in [5, 5.41) is 16.8. The molecule has 0 aliphatic carbocycles. The Balaban J connectivity index is 2.07. The first-order valence-corrected chi connectivity index (χ1v) is 9.53. The Morgan fingerprint density at radius 2 is 1.93 bits per heavy atom. The Bertz CT molecular complexity index is 806. The molecule has 0 radical (unpaired) electrons. The molecule has 0 spiro atoms. The standard InChI is InChI=1S/C22H31N3O3/c1-6-23-22(24-12-11-17-8-9-18(27-4)14-20(17)26)25-16(3)19-13-15(2)7-10-21(19)28-5/h7-10,13-14,16,26H,6,11-12H2,1-5H3,(H2,23,24,25). The molecule has 0 saturated carbocycles. The highest BCUT2D eigenvalue weighted by Gasteiger charge is 2.13. The van der Waals surface area contributed by atoms with Crippen molar-refractivity contribution < 1.29 is 14.6 Å². The van der Waals surface area contributed by atoms with Gasteiger partial charge in [0.15, 0.2) is 5.96 Å². The number of aryl methyl sites for hydroxylation is 1. The van der Waals surface area contributed by atoms with Crippen LogP contribution < -0.4 is 20.1 Å². The van der Waals surface area contributed by atoms with Crippen LogP contribution in [0.3, 0.4) is 0 Å². The first-order chi connectivity index (χ1) is 13.5. The second-order valence-corrected chi connectivity index (χ2v) is 6.62. The maximum atomic E-state index is 10.1. The van der Waals surface area contributed by atoms with E-state index in [-0.39, 0.29) is 11.8 Å². The van der Waals surface area contributed by atoms with E-state index in [0.29, 0.717) is 18.7 Å². The zero-order valence-electron chi connectivity index (χ0n) is 17.4. The average Bonchev–Trinajstić information content (AvgIpc) is 2.69. The number of nitrogens with zero attached hydrogens (tertiary/aromatic N) is 1. The van der Waals surface area contributed by atoms with Gasteiger partial charge in [0.25, 0.3) is 0 Å². The minimum Gasteiger partial charge on any atom is -0.508 e. The molecule has 2 aromatic carbocycles. The summed E-state index contributed by atoms with van der Waals surface area (Å²) in [6, 6.07) is 11.5. The van der Waals surface area contributed by atoms with Gasteiger partial charge in [0.2, 0.25) is 0 Å². The van der Waals surface area contributed by atoms with Crippen LogP contribution in [-0.4, -0.2) is 38.4 Å². The summed E-state index contributed by atoms with van der Waals surface area (Å²) in [7, 11) is 3.26. The summed E-state index contributed by atoms with van der Waals surface area (Å²) in [5.41, 5.74) is 3.11. The van der Waals surface area contributed by atoms with Crippen LogP contribution >= 0.6 is 0 Å². The molecule has 0 aromatic heterocycles. The van der Waals surface area contributed by atoms with Gasteiger partial charge in [-0.15, -0.1) is 0 Å². The first kappa shape index (κ1) is 21.4. The van der Waals surface area contributed by atoms with Crippen molar-refractivity contribution in [3.8, 4) is 17.2 Å². The number of ether oxygens (including phenoxy) is 2. The highest BCUT2D eigenvalue weighted by molar-refractivity contribution is 5.80. The third-order valence-electron chi connectivity index (χ3n) is 4.49. The Morgan fingerprint density at radius 3 is 2.57 bits per heavy atom. The highest BCUT2D eigenvalue weighted by atomic mass is 16.5. The van der Waals surface area contributed by atoms with Crippen LogP contribution in [0.5, 0.6) is 17.2 Å². The lowest BCUT2D eigenvalue weighted by atomic mass is 10.0. The second kappa shape index (κ2) is 10.4. The van der Waals surface area contributed by atoms with Gasteiger partial charge in [-0.1, -0.05) is 23.8 Å². The lowest BCUT2D eigenvalue weighted by molar-refractivity contribution is 0.405. The van der Waals surface area contributed by atoms with Gasteiger partial charge >= 0.3 is 0 Å². The minimum atomic E-state index is 0.0297. The molecule has 3 N–H and O–H groups in total. The molecule has 0 aliphatic rings. The number of benzene rings is 2. The van der Waals surface area contributed by atoms with Gasteiger partial charge < -0.3 is 25.2 Å². The van der Waals surface area contributed by atoms with Gasteiger partial charge in [-0.25, -0.2) is 0 Å². The normalized spacial score (nSPS) is 12.4. The third-order valence-corrected chi connectivity index (χ3v) is 4.49. The molecular formula is C22H31N3O3. The second-order valence-electron chi connectivity index (χ2n) is 6.62. The molecule has 0 bridgehead atoms.